The van der Waals surface area contributed by atoms with Crippen LogP contribution < -0.4 is 5.32 Å². The molecule has 0 aliphatic heterocycles. The van der Waals surface area contributed by atoms with Crippen molar-refractivity contribution in [1.82, 2.24) is 10.3 Å². The molecule has 6 nitrogen and oxygen atoms in total. The lowest BCUT2D eigenvalue weighted by atomic mass is 9.39. The van der Waals surface area contributed by atoms with E-state index in [1.807, 2.05) is 12.1 Å². The van der Waals surface area contributed by atoms with Crippen LogP contribution in [0.3, 0.4) is 0 Å². The Morgan fingerprint density at radius 3 is 2.60 bits per heavy atom. The van der Waals surface area contributed by atoms with Crippen LogP contribution in [0.4, 0.5) is 0 Å². The molecule has 4 fully saturated rings. The zero-order valence-corrected chi connectivity index (χ0v) is 19.4. The van der Waals surface area contributed by atoms with Gasteiger partial charge in [-0.15, -0.1) is 11.3 Å². The third-order valence-electron chi connectivity index (χ3n) is 6.91. The van der Waals surface area contributed by atoms with Crippen LogP contribution in [0.1, 0.15) is 53.4 Å². The molecule has 0 radical (unpaired) electrons. The van der Waals surface area contributed by atoms with Crippen molar-refractivity contribution in [3.63, 3.8) is 0 Å². The molecule has 3 aromatic rings. The first-order valence-electron chi connectivity index (χ1n) is 9.83. The van der Waals surface area contributed by atoms with E-state index in [0.29, 0.717) is 18.6 Å². The molecule has 4 aliphatic rings. The summed E-state index contributed by atoms with van der Waals surface area (Å²) in [5.74, 6) is 0.292. The Kier molecular flexibility index (Phi) is 3.64. The van der Waals surface area contributed by atoms with E-state index in [0.717, 1.165) is 34.3 Å². The molecule has 4 aliphatic carbocycles. The molecule has 2 heterocycles. The summed E-state index contributed by atoms with van der Waals surface area (Å²) >= 11 is 5.23. The van der Waals surface area contributed by atoms with Crippen molar-refractivity contribution in [2.75, 3.05) is 6.26 Å². The van der Waals surface area contributed by atoms with E-state index in [4.69, 9.17) is 9.40 Å². The average Bonchev–Trinajstić information content (AvgIpc) is 3.11. The van der Waals surface area contributed by atoms with Crippen LogP contribution in [0.15, 0.2) is 39.2 Å². The Morgan fingerprint density at radius 1 is 1.20 bits per heavy atom. The zero-order valence-electron chi connectivity index (χ0n) is 16.2. The average molecular weight is 507 g/mol. The van der Waals surface area contributed by atoms with Gasteiger partial charge in [0.05, 0.1) is 10.2 Å². The molecule has 2 aromatic heterocycles. The molecule has 0 saturated heterocycles. The number of carbonyl (C=O) groups is 1. The van der Waals surface area contributed by atoms with Crippen molar-refractivity contribution in [2.24, 2.45) is 0 Å². The van der Waals surface area contributed by atoms with Gasteiger partial charge in [-0.05, 0) is 62.4 Å². The van der Waals surface area contributed by atoms with E-state index >= 15 is 0 Å². The number of amides is 1. The number of halogens is 1. The molecular weight excluding hydrogens is 488 g/mol. The number of aromatic nitrogens is 1. The summed E-state index contributed by atoms with van der Waals surface area (Å²) < 4.78 is 31.1. The predicted molar refractivity (Wildman–Crippen MR) is 118 cm³/mol. The number of hydrogen-bond donors (Lipinski definition) is 1. The predicted octanol–water partition coefficient (Wildman–Crippen LogP) is 4.29. The van der Waals surface area contributed by atoms with Crippen LogP contribution in [0, 0.1) is 0 Å². The molecule has 0 atom stereocenters. The molecule has 156 valence electrons. The highest BCUT2D eigenvalue weighted by atomic mass is 79.9. The molecule has 7 rings (SSSR count). The number of nitrogens with one attached hydrogen (secondary N) is 1. The van der Waals surface area contributed by atoms with Crippen molar-refractivity contribution >= 4 is 53.2 Å². The monoisotopic (exact) mass is 506 g/mol. The number of nitrogens with zero attached hydrogens (tertiary/aromatic N) is 1. The number of fused-ring (bicyclic) bond motifs is 1. The minimum atomic E-state index is -3.26. The molecule has 0 unspecified atom stereocenters. The van der Waals surface area contributed by atoms with Crippen LogP contribution in [0.5, 0.6) is 0 Å². The molecule has 30 heavy (non-hydrogen) atoms. The van der Waals surface area contributed by atoms with Crippen LogP contribution >= 0.6 is 27.3 Å². The first-order chi connectivity index (χ1) is 14.1. The third kappa shape index (κ3) is 2.54. The number of carbonyl (C=O) groups excluding carboxylic acids is 1. The fourth-order valence-electron chi connectivity index (χ4n) is 5.20. The fraction of sp³-hybridized carbons (Fsp3) is 0.429. The van der Waals surface area contributed by atoms with Crippen LogP contribution in [-0.4, -0.2) is 31.1 Å². The lowest BCUT2D eigenvalue weighted by molar-refractivity contribution is -0.0811. The van der Waals surface area contributed by atoms with Crippen molar-refractivity contribution < 1.29 is 17.6 Å². The molecule has 9 heteroatoms. The normalized spacial score (nSPS) is 28.6. The second kappa shape index (κ2) is 5.75. The smallest absolute Gasteiger partial charge is 0.287 e. The summed E-state index contributed by atoms with van der Waals surface area (Å²) in [7, 11) is -3.26. The molecular formula is C21H19BrN2O4S2. The topological polar surface area (TPSA) is 89.3 Å². The van der Waals surface area contributed by atoms with E-state index in [1.165, 1.54) is 11.0 Å². The van der Waals surface area contributed by atoms with Crippen molar-refractivity contribution in [3.05, 3.63) is 51.3 Å². The van der Waals surface area contributed by atoms with Gasteiger partial charge in [0.15, 0.2) is 15.6 Å². The number of thiazole rings is 1. The van der Waals surface area contributed by atoms with Gasteiger partial charge in [0.25, 0.3) is 5.91 Å². The summed E-state index contributed by atoms with van der Waals surface area (Å²) in [6.45, 7) is 0. The van der Waals surface area contributed by atoms with E-state index in [2.05, 4.69) is 27.3 Å². The van der Waals surface area contributed by atoms with Gasteiger partial charge >= 0.3 is 0 Å². The Morgan fingerprint density at radius 2 is 1.93 bits per heavy atom. The largest absolute Gasteiger partial charge is 0.454 e. The summed E-state index contributed by atoms with van der Waals surface area (Å²) in [5, 5.41) is 4.27. The Labute approximate surface area is 186 Å². The number of furan rings is 1. The maximum Gasteiger partial charge on any atom is 0.287 e. The Bertz CT molecular complexity index is 1320. The summed E-state index contributed by atoms with van der Waals surface area (Å²) in [6, 6.07) is 9.37. The molecule has 2 bridgehead atoms. The standard InChI is InChI=1S/C21H19BrN2O4S2/c1-30(26,27)21(6-7-21)16-5-3-14(28-16)17(25)24-20-9-19(10-20,11-20)18-23-13-8-12(22)2-4-15(13)29-18/h2-5,8H,6-7,9-11H2,1H3,(H,24,25). The quantitative estimate of drug-likeness (QED) is 0.557. The minimum absolute atomic E-state index is 0.0755. The van der Waals surface area contributed by atoms with Crippen molar-refractivity contribution in [1.29, 1.82) is 0 Å². The molecule has 1 N–H and O–H groups in total. The van der Waals surface area contributed by atoms with Gasteiger partial charge in [-0.25, -0.2) is 13.4 Å². The van der Waals surface area contributed by atoms with Crippen LogP contribution in [0.25, 0.3) is 10.2 Å². The SMILES string of the molecule is CS(=O)(=O)C1(c2ccc(C(=O)NC34CC(c5nc6cc(Br)ccc6s5)(C3)C4)o2)CC1. The van der Waals surface area contributed by atoms with Crippen molar-refractivity contribution in [3.8, 4) is 0 Å². The number of hydrogen-bond acceptors (Lipinski definition) is 6. The molecule has 0 spiro atoms. The first kappa shape index (κ1) is 19.0. The van der Waals surface area contributed by atoms with Gasteiger partial charge in [-0.3, -0.25) is 4.79 Å². The van der Waals surface area contributed by atoms with Gasteiger partial charge < -0.3 is 9.73 Å². The van der Waals surface area contributed by atoms with Gasteiger partial charge in [-0.1, -0.05) is 15.9 Å². The number of sulfone groups is 1. The number of benzene rings is 1. The zero-order chi connectivity index (χ0) is 20.9. The minimum Gasteiger partial charge on any atom is -0.454 e. The highest BCUT2D eigenvalue weighted by molar-refractivity contribution is 9.10. The summed E-state index contributed by atoms with van der Waals surface area (Å²) in [4.78, 5) is 17.6. The van der Waals surface area contributed by atoms with Crippen LogP contribution in [-0.2, 0) is 20.0 Å². The Balaban J connectivity index is 1.16. The van der Waals surface area contributed by atoms with E-state index < -0.39 is 14.6 Å². The van der Waals surface area contributed by atoms with E-state index in [-0.39, 0.29) is 22.6 Å². The maximum absolute atomic E-state index is 12.7. The van der Waals surface area contributed by atoms with E-state index in [9.17, 15) is 13.2 Å². The number of rotatable bonds is 5. The Hall–Kier alpha value is -1.71. The highest BCUT2D eigenvalue weighted by Gasteiger charge is 2.70. The molecule has 1 amide bonds. The van der Waals surface area contributed by atoms with Gasteiger partial charge in [0.2, 0.25) is 0 Å². The maximum atomic E-state index is 12.7. The molecule has 1 aromatic carbocycles. The van der Waals surface area contributed by atoms with Gasteiger partial charge in [0, 0.05) is 21.7 Å². The van der Waals surface area contributed by atoms with Gasteiger partial charge in [-0.2, -0.15) is 0 Å². The first-order valence-corrected chi connectivity index (χ1v) is 13.3. The second-order valence-electron chi connectivity index (χ2n) is 9.11. The summed E-state index contributed by atoms with van der Waals surface area (Å²) in [5.41, 5.74) is 0.887. The van der Waals surface area contributed by atoms with Gasteiger partial charge in [0.1, 0.15) is 15.5 Å². The lowest BCUT2D eigenvalue weighted by Crippen LogP contribution is -2.76. The fourth-order valence-corrected chi connectivity index (χ4v) is 7.99. The van der Waals surface area contributed by atoms with E-state index in [1.54, 1.807) is 23.5 Å². The summed E-state index contributed by atoms with van der Waals surface area (Å²) in [6.07, 6.45) is 4.97. The second-order valence-corrected chi connectivity index (χ2v) is 13.4. The van der Waals surface area contributed by atoms with Crippen LogP contribution in [0.2, 0.25) is 0 Å². The van der Waals surface area contributed by atoms with Crippen molar-refractivity contribution in [2.45, 2.75) is 47.8 Å². The molecule has 4 saturated carbocycles. The highest BCUT2D eigenvalue weighted by Crippen LogP contribution is 2.68. The third-order valence-corrected chi connectivity index (χ3v) is 10.7. The lowest BCUT2D eigenvalue weighted by Gasteiger charge is -2.69.